The number of carbonyl (C=O) groups excluding carboxylic acids is 1. The predicted octanol–water partition coefficient (Wildman–Crippen LogP) is 3.66. The van der Waals surface area contributed by atoms with E-state index < -0.39 is 0 Å². The van der Waals surface area contributed by atoms with E-state index in [9.17, 15) is 4.79 Å². The number of hydrogen-bond donors (Lipinski definition) is 0. The summed E-state index contributed by atoms with van der Waals surface area (Å²) in [7, 11) is 0. The number of esters is 1. The molecule has 1 rings (SSSR count). The highest BCUT2D eigenvalue weighted by Gasteiger charge is 2.44. The smallest absolute Gasteiger partial charge is 0.308 e. The molecule has 0 aromatic carbocycles. The summed E-state index contributed by atoms with van der Waals surface area (Å²) in [6.45, 7) is 15.2. The second-order valence-corrected chi connectivity index (χ2v) is 6.71. The molecule has 0 aromatic rings. The van der Waals surface area contributed by atoms with Crippen LogP contribution >= 0.6 is 0 Å². The molecule has 0 N–H and O–H groups in total. The molecule has 0 aliphatic carbocycles. The molecule has 19 heavy (non-hydrogen) atoms. The van der Waals surface area contributed by atoms with Crippen molar-refractivity contribution < 1.29 is 14.3 Å². The minimum atomic E-state index is -0.153. The van der Waals surface area contributed by atoms with Gasteiger partial charge in [0.05, 0.1) is 17.6 Å². The first-order valence-corrected chi connectivity index (χ1v) is 7.55. The van der Waals surface area contributed by atoms with Crippen molar-refractivity contribution in [2.45, 2.75) is 66.6 Å². The highest BCUT2D eigenvalue weighted by molar-refractivity contribution is 5.71. The van der Waals surface area contributed by atoms with Crippen molar-refractivity contribution in [2.24, 2.45) is 23.7 Å². The number of carbonyl (C=O) groups is 1. The molecule has 1 aliphatic heterocycles. The quantitative estimate of drug-likeness (QED) is 0.731. The number of hydrogen-bond acceptors (Lipinski definition) is 3. The lowest BCUT2D eigenvalue weighted by molar-refractivity contribution is -0.202. The Bertz CT molecular complexity index is 311. The van der Waals surface area contributed by atoms with Crippen LogP contribution in [0.15, 0.2) is 0 Å². The van der Waals surface area contributed by atoms with E-state index in [0.29, 0.717) is 24.4 Å². The summed E-state index contributed by atoms with van der Waals surface area (Å²) in [5, 5.41) is 0. The molecular weight excluding hydrogens is 240 g/mol. The molecule has 1 aliphatic rings. The Morgan fingerprint density at radius 1 is 1.26 bits per heavy atom. The van der Waals surface area contributed by atoms with Gasteiger partial charge in [-0.15, -0.1) is 0 Å². The minimum Gasteiger partial charge on any atom is -0.463 e. The Balaban J connectivity index is 2.61. The van der Waals surface area contributed by atoms with E-state index in [1.807, 2.05) is 13.8 Å². The molecule has 3 heteroatoms. The van der Waals surface area contributed by atoms with Crippen molar-refractivity contribution in [2.75, 3.05) is 6.61 Å². The van der Waals surface area contributed by atoms with Crippen LogP contribution in [0, 0.1) is 23.7 Å². The van der Waals surface area contributed by atoms with Gasteiger partial charge in [0.25, 0.3) is 0 Å². The van der Waals surface area contributed by atoms with Gasteiger partial charge in [-0.2, -0.15) is 0 Å². The van der Waals surface area contributed by atoms with Crippen molar-refractivity contribution in [1.29, 1.82) is 0 Å². The average Bonchev–Trinajstić information content (AvgIpc) is 2.37. The van der Waals surface area contributed by atoms with Gasteiger partial charge < -0.3 is 9.47 Å². The third kappa shape index (κ3) is 3.71. The molecule has 0 radical (unpaired) electrons. The van der Waals surface area contributed by atoms with E-state index in [0.717, 1.165) is 6.42 Å². The second kappa shape index (κ2) is 6.25. The summed E-state index contributed by atoms with van der Waals surface area (Å²) in [5.41, 5.74) is -0.153. The molecule has 1 fully saturated rings. The summed E-state index contributed by atoms with van der Waals surface area (Å²) in [4.78, 5) is 11.8. The second-order valence-electron chi connectivity index (χ2n) is 6.71. The lowest BCUT2D eigenvalue weighted by Gasteiger charge is -2.48. The first-order valence-electron chi connectivity index (χ1n) is 7.55. The van der Waals surface area contributed by atoms with Gasteiger partial charge in [-0.3, -0.25) is 4.79 Å². The van der Waals surface area contributed by atoms with Crippen LogP contribution in [0.25, 0.3) is 0 Å². The van der Waals surface area contributed by atoms with E-state index >= 15 is 0 Å². The molecule has 5 atom stereocenters. The molecule has 0 aromatic heterocycles. The Morgan fingerprint density at radius 3 is 2.37 bits per heavy atom. The molecule has 0 saturated carbocycles. The van der Waals surface area contributed by atoms with Crippen LogP contribution in [0.4, 0.5) is 0 Å². The molecule has 112 valence electrons. The maximum atomic E-state index is 11.8. The van der Waals surface area contributed by atoms with Gasteiger partial charge in [0.1, 0.15) is 6.61 Å². The van der Waals surface area contributed by atoms with Gasteiger partial charge in [0.15, 0.2) is 0 Å². The van der Waals surface area contributed by atoms with Crippen LogP contribution in [0.1, 0.15) is 54.9 Å². The van der Waals surface area contributed by atoms with Gasteiger partial charge in [0, 0.05) is 0 Å². The molecule has 1 saturated heterocycles. The Morgan fingerprint density at radius 2 is 1.84 bits per heavy atom. The van der Waals surface area contributed by atoms with Crippen LogP contribution in [0.3, 0.4) is 0 Å². The minimum absolute atomic E-state index is 0.00852. The van der Waals surface area contributed by atoms with Crippen molar-refractivity contribution >= 4 is 5.97 Å². The third-order valence-electron chi connectivity index (χ3n) is 5.16. The largest absolute Gasteiger partial charge is 0.463 e. The van der Waals surface area contributed by atoms with Crippen LogP contribution in [0.5, 0.6) is 0 Å². The standard InChI is InChI=1S/C16H30O3/c1-8-10(2)15(17)18-9-14-12(4)11(3)13(5)16(6,7)19-14/h10-14H,8-9H2,1-7H3. The molecule has 1 heterocycles. The summed E-state index contributed by atoms with van der Waals surface area (Å²) in [6, 6.07) is 0. The molecule has 0 amide bonds. The molecule has 3 nitrogen and oxygen atoms in total. The Hall–Kier alpha value is -0.570. The first kappa shape index (κ1) is 16.5. The van der Waals surface area contributed by atoms with Gasteiger partial charge in [-0.05, 0) is 38.0 Å². The summed E-state index contributed by atoms with van der Waals surface area (Å²) >= 11 is 0. The normalized spacial score (nSPS) is 35.7. The summed E-state index contributed by atoms with van der Waals surface area (Å²) < 4.78 is 11.6. The predicted molar refractivity (Wildman–Crippen MR) is 76.9 cm³/mol. The van der Waals surface area contributed by atoms with Crippen molar-refractivity contribution in [3.05, 3.63) is 0 Å². The Kier molecular flexibility index (Phi) is 5.43. The zero-order valence-electron chi connectivity index (χ0n) is 13.5. The zero-order chi connectivity index (χ0) is 14.8. The van der Waals surface area contributed by atoms with Crippen LogP contribution in [-0.2, 0) is 14.3 Å². The fourth-order valence-electron chi connectivity index (χ4n) is 2.69. The van der Waals surface area contributed by atoms with E-state index in [-0.39, 0.29) is 23.6 Å². The van der Waals surface area contributed by atoms with E-state index in [1.165, 1.54) is 0 Å². The van der Waals surface area contributed by atoms with Gasteiger partial charge >= 0.3 is 5.97 Å². The van der Waals surface area contributed by atoms with E-state index in [1.54, 1.807) is 0 Å². The molecule has 0 bridgehead atoms. The molecule has 5 unspecified atom stereocenters. The highest BCUT2D eigenvalue weighted by atomic mass is 16.6. The van der Waals surface area contributed by atoms with Crippen LogP contribution < -0.4 is 0 Å². The van der Waals surface area contributed by atoms with Crippen LogP contribution in [-0.4, -0.2) is 24.3 Å². The van der Waals surface area contributed by atoms with Crippen molar-refractivity contribution in [3.8, 4) is 0 Å². The SMILES string of the molecule is CCC(C)C(=O)OCC1OC(C)(C)C(C)C(C)C1C. The van der Waals surface area contributed by atoms with E-state index in [2.05, 4.69) is 34.6 Å². The highest BCUT2D eigenvalue weighted by Crippen LogP contribution is 2.41. The lowest BCUT2D eigenvalue weighted by atomic mass is 9.72. The monoisotopic (exact) mass is 270 g/mol. The fraction of sp³-hybridized carbons (Fsp3) is 0.938. The first-order chi connectivity index (χ1) is 8.70. The maximum absolute atomic E-state index is 11.8. The number of ether oxygens (including phenoxy) is 2. The van der Waals surface area contributed by atoms with Crippen molar-refractivity contribution in [1.82, 2.24) is 0 Å². The molecule has 0 spiro atoms. The fourth-order valence-corrected chi connectivity index (χ4v) is 2.69. The topological polar surface area (TPSA) is 35.5 Å². The third-order valence-corrected chi connectivity index (χ3v) is 5.16. The van der Waals surface area contributed by atoms with Crippen LogP contribution in [0.2, 0.25) is 0 Å². The molecular formula is C16H30O3. The zero-order valence-corrected chi connectivity index (χ0v) is 13.5. The summed E-state index contributed by atoms with van der Waals surface area (Å²) in [6.07, 6.45) is 0.827. The average molecular weight is 270 g/mol. The Labute approximate surface area is 118 Å². The van der Waals surface area contributed by atoms with E-state index in [4.69, 9.17) is 9.47 Å². The number of rotatable bonds is 4. The van der Waals surface area contributed by atoms with Gasteiger partial charge in [-0.1, -0.05) is 34.6 Å². The maximum Gasteiger partial charge on any atom is 0.308 e. The lowest BCUT2D eigenvalue weighted by Crippen LogP contribution is -2.52. The van der Waals surface area contributed by atoms with Crippen molar-refractivity contribution in [3.63, 3.8) is 0 Å². The van der Waals surface area contributed by atoms with Gasteiger partial charge in [0.2, 0.25) is 0 Å². The summed E-state index contributed by atoms with van der Waals surface area (Å²) in [5.74, 6) is 1.35. The van der Waals surface area contributed by atoms with Gasteiger partial charge in [-0.25, -0.2) is 0 Å².